The normalized spacial score (nSPS) is 10.4. The number of benzene rings is 2. The fourth-order valence-electron chi connectivity index (χ4n) is 3.14. The molecule has 0 aliphatic rings. The molecule has 0 bridgehead atoms. The van der Waals surface area contributed by atoms with Crippen molar-refractivity contribution in [1.29, 1.82) is 5.26 Å². The fraction of sp³-hybridized carbons (Fsp3) is 0.261. The summed E-state index contributed by atoms with van der Waals surface area (Å²) in [7, 11) is 0. The first kappa shape index (κ1) is 19.4. The average Bonchev–Trinajstić information content (AvgIpc) is 2.74. The second-order valence-corrected chi connectivity index (χ2v) is 6.55. The molecule has 0 aliphatic heterocycles. The Morgan fingerprint density at radius 1 is 0.893 bits per heavy atom. The van der Waals surface area contributed by atoms with E-state index in [4.69, 9.17) is 5.26 Å². The highest BCUT2D eigenvalue weighted by atomic mass is 15.1. The quantitative estimate of drug-likeness (QED) is 0.572. The lowest BCUT2D eigenvalue weighted by Gasteiger charge is -2.17. The van der Waals surface area contributed by atoms with Gasteiger partial charge in [0, 0.05) is 17.6 Å². The molecule has 0 radical (unpaired) electrons. The molecule has 142 valence electrons. The van der Waals surface area contributed by atoms with E-state index in [0.717, 1.165) is 36.5 Å². The number of nitrogens with zero attached hydrogens (tertiary/aromatic N) is 3. The van der Waals surface area contributed by atoms with Gasteiger partial charge in [-0.05, 0) is 66.3 Å². The number of nitrogens with one attached hydrogen (secondary N) is 2. The van der Waals surface area contributed by atoms with Crippen LogP contribution >= 0.6 is 0 Å². The number of hydrogen-bond donors (Lipinski definition) is 2. The molecular formula is C23H25N5. The van der Waals surface area contributed by atoms with E-state index >= 15 is 0 Å². The predicted octanol–water partition coefficient (Wildman–Crippen LogP) is 5.52. The monoisotopic (exact) mass is 371 g/mol. The molecule has 3 rings (SSSR count). The van der Waals surface area contributed by atoms with E-state index in [1.807, 2.05) is 18.2 Å². The minimum Gasteiger partial charge on any atom is -0.340 e. The van der Waals surface area contributed by atoms with Gasteiger partial charge in [-0.15, -0.1) is 0 Å². The van der Waals surface area contributed by atoms with Crippen LogP contribution in [-0.2, 0) is 19.3 Å². The van der Waals surface area contributed by atoms with E-state index in [1.54, 1.807) is 18.3 Å². The zero-order chi connectivity index (χ0) is 19.9. The Morgan fingerprint density at radius 3 is 2.14 bits per heavy atom. The number of nitriles is 1. The van der Waals surface area contributed by atoms with Crippen LogP contribution < -0.4 is 10.6 Å². The smallest absolute Gasteiger partial charge is 0.229 e. The number of rotatable bonds is 7. The van der Waals surface area contributed by atoms with Crippen molar-refractivity contribution >= 4 is 23.1 Å². The molecule has 1 heterocycles. The fourth-order valence-corrected chi connectivity index (χ4v) is 3.14. The average molecular weight is 371 g/mol. The molecule has 0 saturated heterocycles. The van der Waals surface area contributed by atoms with Crippen molar-refractivity contribution in [2.45, 2.75) is 40.0 Å². The Bertz CT molecular complexity index is 962. The van der Waals surface area contributed by atoms with E-state index in [-0.39, 0.29) is 0 Å². The molecule has 5 nitrogen and oxygen atoms in total. The van der Waals surface area contributed by atoms with Crippen LogP contribution in [0.4, 0.5) is 23.1 Å². The minimum absolute atomic E-state index is 0.510. The summed E-state index contributed by atoms with van der Waals surface area (Å²) in [6.45, 7) is 6.54. The summed E-state index contributed by atoms with van der Waals surface area (Å²) in [4.78, 5) is 8.91. The zero-order valence-corrected chi connectivity index (χ0v) is 16.6. The maximum absolute atomic E-state index is 8.91. The predicted molar refractivity (Wildman–Crippen MR) is 114 cm³/mol. The van der Waals surface area contributed by atoms with Crippen LogP contribution in [0.3, 0.4) is 0 Å². The molecule has 0 unspecified atom stereocenters. The summed E-state index contributed by atoms with van der Waals surface area (Å²) in [5.41, 5.74) is 6.58. The van der Waals surface area contributed by atoms with Gasteiger partial charge in [0.1, 0.15) is 5.82 Å². The Hall–Kier alpha value is -3.39. The third-order valence-corrected chi connectivity index (χ3v) is 4.71. The van der Waals surface area contributed by atoms with Gasteiger partial charge >= 0.3 is 0 Å². The van der Waals surface area contributed by atoms with Gasteiger partial charge in [0.25, 0.3) is 0 Å². The maximum Gasteiger partial charge on any atom is 0.229 e. The summed E-state index contributed by atoms with van der Waals surface area (Å²) in [5.74, 6) is 1.26. The van der Waals surface area contributed by atoms with Crippen LogP contribution in [0.15, 0.2) is 48.7 Å². The van der Waals surface area contributed by atoms with Crippen molar-refractivity contribution in [2.75, 3.05) is 10.6 Å². The summed E-state index contributed by atoms with van der Waals surface area (Å²) in [6, 6.07) is 15.8. The first-order chi connectivity index (χ1) is 13.7. The third-order valence-electron chi connectivity index (χ3n) is 4.71. The lowest BCUT2D eigenvalue weighted by Crippen LogP contribution is -2.05. The number of hydrogen-bond acceptors (Lipinski definition) is 5. The molecule has 0 fully saturated rings. The Balaban J connectivity index is 1.85. The molecule has 2 N–H and O–H groups in total. The molecule has 28 heavy (non-hydrogen) atoms. The summed E-state index contributed by atoms with van der Waals surface area (Å²) >= 11 is 0. The van der Waals surface area contributed by atoms with Crippen molar-refractivity contribution in [1.82, 2.24) is 9.97 Å². The highest BCUT2D eigenvalue weighted by Gasteiger charge is 2.10. The minimum atomic E-state index is 0.510. The SMILES string of the molecule is CCc1cc(CC)c(Nc2ccnc(Nc3ccc(C#N)cc3)n2)c(CC)c1. The van der Waals surface area contributed by atoms with Crippen LogP contribution in [0.2, 0.25) is 0 Å². The van der Waals surface area contributed by atoms with Crippen molar-refractivity contribution in [3.05, 3.63) is 70.9 Å². The number of aromatic nitrogens is 2. The molecule has 0 atom stereocenters. The van der Waals surface area contributed by atoms with Gasteiger partial charge in [0.05, 0.1) is 11.6 Å². The highest BCUT2D eigenvalue weighted by molar-refractivity contribution is 5.67. The van der Waals surface area contributed by atoms with E-state index < -0.39 is 0 Å². The molecule has 0 aliphatic carbocycles. The van der Waals surface area contributed by atoms with Gasteiger partial charge in [-0.25, -0.2) is 4.98 Å². The first-order valence-corrected chi connectivity index (χ1v) is 9.68. The lowest BCUT2D eigenvalue weighted by molar-refractivity contribution is 1.04. The van der Waals surface area contributed by atoms with E-state index in [0.29, 0.717) is 11.5 Å². The maximum atomic E-state index is 8.91. The van der Waals surface area contributed by atoms with E-state index in [2.05, 4.69) is 59.6 Å². The molecule has 0 saturated carbocycles. The summed E-state index contributed by atoms with van der Waals surface area (Å²) in [5, 5.41) is 15.6. The molecule has 5 heteroatoms. The lowest BCUT2D eigenvalue weighted by atomic mass is 9.98. The van der Waals surface area contributed by atoms with Gasteiger partial charge in [-0.1, -0.05) is 32.9 Å². The van der Waals surface area contributed by atoms with E-state index in [1.165, 1.54) is 16.7 Å². The third kappa shape index (κ3) is 4.47. The first-order valence-electron chi connectivity index (χ1n) is 9.68. The van der Waals surface area contributed by atoms with Crippen LogP contribution in [-0.4, -0.2) is 9.97 Å². The number of aryl methyl sites for hydroxylation is 3. The topological polar surface area (TPSA) is 73.6 Å². The second-order valence-electron chi connectivity index (χ2n) is 6.55. The van der Waals surface area contributed by atoms with Gasteiger partial charge in [-0.3, -0.25) is 0 Å². The largest absolute Gasteiger partial charge is 0.340 e. The standard InChI is InChI=1S/C23H25N5/c1-4-16-13-18(5-2)22(19(6-3)14-16)27-21-11-12-25-23(28-21)26-20-9-7-17(15-24)8-10-20/h7-14H,4-6H2,1-3H3,(H2,25,26,27,28). The Labute approximate surface area is 166 Å². The van der Waals surface area contributed by atoms with Crippen LogP contribution in [0.25, 0.3) is 0 Å². The van der Waals surface area contributed by atoms with Gasteiger partial charge < -0.3 is 10.6 Å². The highest BCUT2D eigenvalue weighted by Crippen LogP contribution is 2.28. The van der Waals surface area contributed by atoms with Crippen LogP contribution in [0.5, 0.6) is 0 Å². The molecular weight excluding hydrogens is 346 g/mol. The molecule has 0 amide bonds. The van der Waals surface area contributed by atoms with Gasteiger partial charge in [-0.2, -0.15) is 10.2 Å². The number of anilines is 4. The second kappa shape index (κ2) is 9.01. The molecule has 0 spiro atoms. The summed E-state index contributed by atoms with van der Waals surface area (Å²) < 4.78 is 0. The van der Waals surface area contributed by atoms with Crippen molar-refractivity contribution in [3.63, 3.8) is 0 Å². The van der Waals surface area contributed by atoms with Crippen LogP contribution in [0, 0.1) is 11.3 Å². The molecule has 2 aromatic carbocycles. The zero-order valence-electron chi connectivity index (χ0n) is 16.6. The molecule has 1 aromatic heterocycles. The van der Waals surface area contributed by atoms with Crippen molar-refractivity contribution in [2.24, 2.45) is 0 Å². The van der Waals surface area contributed by atoms with Crippen molar-refractivity contribution in [3.8, 4) is 6.07 Å². The van der Waals surface area contributed by atoms with Gasteiger partial charge in [0.2, 0.25) is 5.95 Å². The Kier molecular flexibility index (Phi) is 6.23. The van der Waals surface area contributed by atoms with Crippen molar-refractivity contribution < 1.29 is 0 Å². The van der Waals surface area contributed by atoms with Crippen LogP contribution in [0.1, 0.15) is 43.0 Å². The molecule has 3 aromatic rings. The van der Waals surface area contributed by atoms with Gasteiger partial charge in [0.15, 0.2) is 0 Å². The Morgan fingerprint density at radius 2 is 1.57 bits per heavy atom. The summed E-state index contributed by atoms with van der Waals surface area (Å²) in [6.07, 6.45) is 4.70. The van der Waals surface area contributed by atoms with E-state index in [9.17, 15) is 0 Å².